The van der Waals surface area contributed by atoms with Crippen LogP contribution in [0.5, 0.6) is 11.5 Å². The van der Waals surface area contributed by atoms with E-state index in [0.29, 0.717) is 29.4 Å². The number of H-pyrrole nitrogens is 1. The summed E-state index contributed by atoms with van der Waals surface area (Å²) < 4.78 is 11.0. The molecule has 26 heavy (non-hydrogen) atoms. The third-order valence-corrected chi connectivity index (χ3v) is 3.91. The Hall–Kier alpha value is -3.28. The van der Waals surface area contributed by atoms with E-state index in [0.717, 1.165) is 5.56 Å². The number of para-hydroxylation sites is 2. The summed E-state index contributed by atoms with van der Waals surface area (Å²) in [7, 11) is 3.35. The molecule has 0 saturated carbocycles. The van der Waals surface area contributed by atoms with Gasteiger partial charge in [-0.3, -0.25) is 9.89 Å². The van der Waals surface area contributed by atoms with Crippen molar-refractivity contribution in [2.45, 2.75) is 13.2 Å². The lowest BCUT2D eigenvalue weighted by Crippen LogP contribution is -2.26. The minimum atomic E-state index is -0.145. The molecule has 6 nitrogen and oxygen atoms in total. The maximum atomic E-state index is 12.5. The molecule has 0 atom stereocenters. The molecule has 2 aromatic carbocycles. The number of hydrogen-bond donors (Lipinski definition) is 1. The number of ether oxygens (including phenoxy) is 2. The van der Waals surface area contributed by atoms with Crippen LogP contribution in [0.1, 0.15) is 21.7 Å². The van der Waals surface area contributed by atoms with Crippen molar-refractivity contribution in [3.8, 4) is 11.5 Å². The van der Waals surface area contributed by atoms with Gasteiger partial charge in [-0.05, 0) is 23.8 Å². The number of carbonyl (C=O) groups excluding carboxylic acids is 1. The zero-order chi connectivity index (χ0) is 18.4. The van der Waals surface area contributed by atoms with E-state index in [1.54, 1.807) is 25.1 Å². The van der Waals surface area contributed by atoms with Gasteiger partial charge in [0.05, 0.1) is 12.8 Å². The van der Waals surface area contributed by atoms with Gasteiger partial charge >= 0.3 is 0 Å². The Morgan fingerprint density at radius 1 is 1.08 bits per heavy atom. The molecule has 0 bridgehead atoms. The Labute approximate surface area is 152 Å². The Morgan fingerprint density at radius 2 is 1.77 bits per heavy atom. The van der Waals surface area contributed by atoms with Gasteiger partial charge in [0.15, 0.2) is 17.2 Å². The molecule has 1 amide bonds. The lowest BCUT2D eigenvalue weighted by Gasteiger charge is -2.15. The van der Waals surface area contributed by atoms with E-state index < -0.39 is 0 Å². The van der Waals surface area contributed by atoms with Crippen LogP contribution in [0.3, 0.4) is 0 Å². The molecular formula is C20H21N3O3. The molecule has 1 heterocycles. The summed E-state index contributed by atoms with van der Waals surface area (Å²) in [5.74, 6) is 1.15. The summed E-state index contributed by atoms with van der Waals surface area (Å²) in [6.45, 7) is 0.794. The average Bonchev–Trinajstić information content (AvgIpc) is 3.15. The van der Waals surface area contributed by atoms with Gasteiger partial charge in [0.25, 0.3) is 5.91 Å². The number of aromatic nitrogens is 2. The first-order chi connectivity index (χ1) is 12.7. The SMILES string of the molecule is COc1ccccc1OCc1cc(C(=O)N(C)Cc2ccccc2)n[nH]1. The molecule has 3 rings (SSSR count). The fraction of sp³-hybridized carbons (Fsp3) is 0.200. The largest absolute Gasteiger partial charge is 0.493 e. The first kappa shape index (κ1) is 17.5. The first-order valence-corrected chi connectivity index (χ1v) is 8.27. The number of rotatable bonds is 7. The van der Waals surface area contributed by atoms with E-state index in [1.807, 2.05) is 54.6 Å². The van der Waals surface area contributed by atoms with E-state index >= 15 is 0 Å². The fourth-order valence-corrected chi connectivity index (χ4v) is 2.56. The van der Waals surface area contributed by atoms with Gasteiger partial charge in [0.2, 0.25) is 0 Å². The molecule has 0 fully saturated rings. The van der Waals surface area contributed by atoms with Crippen molar-refractivity contribution in [2.75, 3.05) is 14.2 Å². The van der Waals surface area contributed by atoms with Crippen LogP contribution in [0.2, 0.25) is 0 Å². The molecule has 6 heteroatoms. The van der Waals surface area contributed by atoms with Crippen LogP contribution in [0.15, 0.2) is 60.7 Å². The average molecular weight is 351 g/mol. The summed E-state index contributed by atoms with van der Waals surface area (Å²) in [5.41, 5.74) is 2.15. The Bertz CT molecular complexity index is 862. The quantitative estimate of drug-likeness (QED) is 0.709. The maximum Gasteiger partial charge on any atom is 0.274 e. The molecular weight excluding hydrogens is 330 g/mol. The van der Waals surface area contributed by atoms with E-state index in [-0.39, 0.29) is 12.5 Å². The third kappa shape index (κ3) is 4.22. The standard InChI is InChI=1S/C20H21N3O3/c1-23(13-15-8-4-3-5-9-15)20(24)17-12-16(21-22-17)14-26-19-11-7-6-10-18(19)25-2/h3-12H,13-14H2,1-2H3,(H,21,22). The lowest BCUT2D eigenvalue weighted by atomic mass is 10.2. The molecule has 1 N–H and O–H groups in total. The van der Waals surface area contributed by atoms with Gasteiger partial charge < -0.3 is 14.4 Å². The van der Waals surface area contributed by atoms with E-state index in [1.165, 1.54) is 0 Å². The lowest BCUT2D eigenvalue weighted by molar-refractivity contribution is 0.0779. The van der Waals surface area contributed by atoms with Crippen LogP contribution in [0.4, 0.5) is 0 Å². The van der Waals surface area contributed by atoms with Gasteiger partial charge in [-0.15, -0.1) is 0 Å². The molecule has 1 aromatic heterocycles. The molecule has 134 valence electrons. The van der Waals surface area contributed by atoms with Crippen molar-refractivity contribution < 1.29 is 14.3 Å². The topological polar surface area (TPSA) is 67.5 Å². The summed E-state index contributed by atoms with van der Waals surface area (Å²) in [6, 6.07) is 18.9. The monoisotopic (exact) mass is 351 g/mol. The van der Waals surface area contributed by atoms with Gasteiger partial charge in [0.1, 0.15) is 6.61 Å². The van der Waals surface area contributed by atoms with Crippen LogP contribution in [0.25, 0.3) is 0 Å². The first-order valence-electron chi connectivity index (χ1n) is 8.27. The molecule has 0 aliphatic rings. The molecule has 0 unspecified atom stereocenters. The number of nitrogens with zero attached hydrogens (tertiary/aromatic N) is 2. The van der Waals surface area contributed by atoms with Crippen LogP contribution in [-0.2, 0) is 13.2 Å². The van der Waals surface area contributed by atoms with Crippen LogP contribution in [0, 0.1) is 0 Å². The Morgan fingerprint density at radius 3 is 2.50 bits per heavy atom. The van der Waals surface area contributed by atoms with Gasteiger partial charge in [-0.2, -0.15) is 5.10 Å². The van der Waals surface area contributed by atoms with Crippen molar-refractivity contribution in [3.63, 3.8) is 0 Å². The van der Waals surface area contributed by atoms with Crippen molar-refractivity contribution in [1.29, 1.82) is 0 Å². The van der Waals surface area contributed by atoms with Crippen LogP contribution < -0.4 is 9.47 Å². The smallest absolute Gasteiger partial charge is 0.274 e. The highest BCUT2D eigenvalue weighted by Gasteiger charge is 2.16. The molecule has 0 aliphatic heterocycles. The van der Waals surface area contributed by atoms with Crippen LogP contribution in [-0.4, -0.2) is 35.2 Å². The van der Waals surface area contributed by atoms with Gasteiger partial charge in [0, 0.05) is 13.6 Å². The fourth-order valence-electron chi connectivity index (χ4n) is 2.56. The van der Waals surface area contributed by atoms with Crippen molar-refractivity contribution in [1.82, 2.24) is 15.1 Å². The summed E-state index contributed by atoms with van der Waals surface area (Å²) >= 11 is 0. The van der Waals surface area contributed by atoms with Crippen LogP contribution >= 0.6 is 0 Å². The predicted molar refractivity (Wildman–Crippen MR) is 98.2 cm³/mol. The maximum absolute atomic E-state index is 12.5. The Kier molecular flexibility index (Phi) is 5.53. The number of nitrogens with one attached hydrogen (secondary N) is 1. The second kappa shape index (κ2) is 8.20. The number of carbonyl (C=O) groups is 1. The van der Waals surface area contributed by atoms with Gasteiger partial charge in [-0.1, -0.05) is 42.5 Å². The normalized spacial score (nSPS) is 10.4. The van der Waals surface area contributed by atoms with E-state index in [9.17, 15) is 4.79 Å². The predicted octanol–water partition coefficient (Wildman–Crippen LogP) is 3.27. The third-order valence-electron chi connectivity index (χ3n) is 3.91. The summed E-state index contributed by atoms with van der Waals surface area (Å²) in [6.07, 6.45) is 0. The molecule has 0 saturated heterocycles. The minimum Gasteiger partial charge on any atom is -0.493 e. The number of methoxy groups -OCH3 is 1. The number of benzene rings is 2. The molecule has 0 radical (unpaired) electrons. The highest BCUT2D eigenvalue weighted by Crippen LogP contribution is 2.26. The number of hydrogen-bond acceptors (Lipinski definition) is 4. The van der Waals surface area contributed by atoms with E-state index in [2.05, 4.69) is 10.2 Å². The second-order valence-electron chi connectivity index (χ2n) is 5.86. The number of amides is 1. The Balaban J connectivity index is 1.61. The zero-order valence-corrected chi connectivity index (χ0v) is 14.8. The highest BCUT2D eigenvalue weighted by atomic mass is 16.5. The van der Waals surface area contributed by atoms with Gasteiger partial charge in [-0.25, -0.2) is 0 Å². The summed E-state index contributed by atoms with van der Waals surface area (Å²) in [5, 5.41) is 6.96. The number of aromatic amines is 1. The van der Waals surface area contributed by atoms with E-state index in [4.69, 9.17) is 9.47 Å². The molecule has 3 aromatic rings. The summed E-state index contributed by atoms with van der Waals surface area (Å²) in [4.78, 5) is 14.2. The zero-order valence-electron chi connectivity index (χ0n) is 14.8. The second-order valence-corrected chi connectivity index (χ2v) is 5.86. The highest BCUT2D eigenvalue weighted by molar-refractivity contribution is 5.92. The molecule has 0 aliphatic carbocycles. The van der Waals surface area contributed by atoms with Crippen molar-refractivity contribution in [2.24, 2.45) is 0 Å². The molecule has 0 spiro atoms. The van der Waals surface area contributed by atoms with Crippen molar-refractivity contribution in [3.05, 3.63) is 77.6 Å². The van der Waals surface area contributed by atoms with Crippen molar-refractivity contribution >= 4 is 5.91 Å². The minimum absolute atomic E-state index is 0.145.